The Morgan fingerprint density at radius 3 is 1.10 bits per heavy atom. The van der Waals surface area contributed by atoms with E-state index in [1.807, 2.05) is 52.1 Å². The van der Waals surface area contributed by atoms with Crippen LogP contribution in [0.4, 0.5) is 0 Å². The molecule has 4 aromatic heterocycles. The van der Waals surface area contributed by atoms with Crippen molar-refractivity contribution < 1.29 is 42.3 Å². The van der Waals surface area contributed by atoms with Gasteiger partial charge in [0.25, 0.3) is 0 Å². The molecule has 79 heavy (non-hydrogen) atoms. The van der Waals surface area contributed by atoms with Crippen LogP contribution in [0.15, 0.2) is 134 Å². The van der Waals surface area contributed by atoms with Crippen molar-refractivity contribution >= 4 is 10.8 Å². The lowest BCUT2D eigenvalue weighted by Gasteiger charge is -2.20. The first-order valence-corrected chi connectivity index (χ1v) is 28.3. The molecule has 15 nitrogen and oxygen atoms in total. The van der Waals surface area contributed by atoms with Crippen molar-refractivity contribution in [2.24, 2.45) is 0 Å². The van der Waals surface area contributed by atoms with Crippen molar-refractivity contribution in [1.29, 1.82) is 0 Å². The van der Waals surface area contributed by atoms with Crippen LogP contribution in [0.1, 0.15) is 113 Å². The Hall–Kier alpha value is -7.20. The Morgan fingerprint density at radius 2 is 0.734 bits per heavy atom. The monoisotopic (exact) mass is 1070 g/mol. The second-order valence-electron chi connectivity index (χ2n) is 21.1. The summed E-state index contributed by atoms with van der Waals surface area (Å²) in [5.74, 6) is 5.13. The van der Waals surface area contributed by atoms with E-state index in [0.29, 0.717) is 103 Å². The maximum atomic E-state index is 6.26. The molecule has 0 fully saturated rings. The zero-order chi connectivity index (χ0) is 55.3. The number of para-hydroxylation sites is 2. The van der Waals surface area contributed by atoms with Gasteiger partial charge >= 0.3 is 0 Å². The van der Waals surface area contributed by atoms with Crippen LogP contribution in [0.5, 0.6) is 23.0 Å². The Morgan fingerprint density at radius 1 is 0.392 bits per heavy atom. The summed E-state index contributed by atoms with van der Waals surface area (Å²) in [5.41, 5.74) is 9.16. The number of hydrogen-bond donors (Lipinski definition) is 0. The predicted octanol–water partition coefficient (Wildman–Crippen LogP) is 10.9. The molecule has 0 amide bonds. The lowest BCUT2D eigenvalue weighted by Crippen LogP contribution is -2.34. The average Bonchev–Trinajstić information content (AvgIpc) is 4.16. The molecule has 418 valence electrons. The number of rotatable bonds is 33. The normalized spacial score (nSPS) is 11.7. The number of hydrogen-bond acceptors (Lipinski definition) is 11. The largest absolute Gasteiger partial charge is 0.491 e. The van der Waals surface area contributed by atoms with Gasteiger partial charge in [0, 0.05) is 47.4 Å². The quantitative estimate of drug-likeness (QED) is 0.0287. The SMILES string of the molecule is CC(C)c1cccc(C(C)C)c1OCCOCCOc1cccc2c(OCCOCCn3cc(CC[n+]4ccc(-c5cc[n+](CCc6cn(CCOCCOc7c(C(C)C)cccc7C(C)C)nn6)cc5)cc4)nn3)cccc12. The van der Waals surface area contributed by atoms with Crippen LogP contribution in [0.25, 0.3) is 21.9 Å². The van der Waals surface area contributed by atoms with Crippen molar-refractivity contribution in [1.82, 2.24) is 30.0 Å². The van der Waals surface area contributed by atoms with Gasteiger partial charge in [0.2, 0.25) is 0 Å². The number of benzene rings is 4. The molecule has 0 spiro atoms. The van der Waals surface area contributed by atoms with Gasteiger partial charge in [0.05, 0.1) is 77.0 Å². The molecule has 8 rings (SSSR count). The average molecular weight is 1080 g/mol. The third-order valence-electron chi connectivity index (χ3n) is 13.9. The molecule has 0 N–H and O–H groups in total. The molecule has 0 radical (unpaired) electrons. The molecule has 0 aliphatic heterocycles. The summed E-state index contributed by atoms with van der Waals surface area (Å²) in [7, 11) is 0. The summed E-state index contributed by atoms with van der Waals surface area (Å²) in [6, 6.07) is 33.5. The minimum absolute atomic E-state index is 0.384. The number of aromatic nitrogens is 8. The lowest BCUT2D eigenvalue weighted by atomic mass is 9.94. The van der Waals surface area contributed by atoms with E-state index in [1.54, 1.807) is 0 Å². The zero-order valence-electron chi connectivity index (χ0n) is 47.8. The van der Waals surface area contributed by atoms with E-state index < -0.39 is 0 Å². The number of fused-ring (bicyclic) bond motifs is 1. The molecule has 0 atom stereocenters. The number of ether oxygens (including phenoxy) is 7. The first kappa shape index (κ1) is 58.0. The van der Waals surface area contributed by atoms with E-state index in [-0.39, 0.29) is 0 Å². The van der Waals surface area contributed by atoms with Crippen LogP contribution in [-0.2, 0) is 53.2 Å². The molecule has 8 aromatic rings. The predicted molar refractivity (Wildman–Crippen MR) is 307 cm³/mol. The van der Waals surface area contributed by atoms with Crippen molar-refractivity contribution in [2.75, 3.05) is 66.1 Å². The van der Waals surface area contributed by atoms with Gasteiger partial charge in [-0.3, -0.25) is 0 Å². The molecule has 0 saturated heterocycles. The molecule has 0 bridgehead atoms. The molecule has 4 aromatic carbocycles. The van der Waals surface area contributed by atoms with Gasteiger partial charge in [-0.15, -0.1) is 10.2 Å². The number of nitrogens with zero attached hydrogens (tertiary/aromatic N) is 8. The van der Waals surface area contributed by atoms with Crippen molar-refractivity contribution in [3.05, 3.63) is 168 Å². The fourth-order valence-corrected chi connectivity index (χ4v) is 9.46. The molecular weight excluding hydrogens is 993 g/mol. The first-order chi connectivity index (χ1) is 38.5. The minimum atomic E-state index is 0.384. The maximum Gasteiger partial charge on any atom is 0.169 e. The zero-order valence-corrected chi connectivity index (χ0v) is 47.8. The summed E-state index contributed by atoms with van der Waals surface area (Å²) in [4.78, 5) is 0. The highest BCUT2D eigenvalue weighted by Crippen LogP contribution is 2.36. The number of pyridine rings is 2. The van der Waals surface area contributed by atoms with Crippen LogP contribution in [0, 0.1) is 0 Å². The van der Waals surface area contributed by atoms with Gasteiger partial charge in [0.1, 0.15) is 49.4 Å². The van der Waals surface area contributed by atoms with E-state index in [9.17, 15) is 0 Å². The van der Waals surface area contributed by atoms with Gasteiger partial charge in [-0.25, -0.2) is 18.5 Å². The standard InChI is InChI=1S/C64H82N8O7/c1-47(2)55-13-9-14-56(48(3)4)63(55)78-43-39-74-36-34-72-46-54(66-68-72)26-32-70-29-23-52(24-30-70)51-21-27-69(28-22-51)31-25-53-45-71(67-65-53)33-35-73-37-41-76-61-19-11-18-60-59(61)17-12-20-62(60)77-42-38-75-40-44-79-64-57(49(5)6)15-10-16-58(64)50(7)8/h9-24,27-30,45-50H,25-26,31-44H2,1-8H3/q+2. The highest BCUT2D eigenvalue weighted by molar-refractivity contribution is 5.93. The van der Waals surface area contributed by atoms with Crippen LogP contribution < -0.4 is 28.1 Å². The summed E-state index contributed by atoms with van der Waals surface area (Å²) < 4.78 is 50.7. The highest BCUT2D eigenvalue weighted by atomic mass is 16.5. The van der Waals surface area contributed by atoms with Gasteiger partial charge in [-0.2, -0.15) is 0 Å². The molecule has 4 heterocycles. The molecule has 0 aliphatic rings. The van der Waals surface area contributed by atoms with Gasteiger partial charge in [-0.1, -0.05) is 126 Å². The van der Waals surface area contributed by atoms with E-state index >= 15 is 0 Å². The molecular formula is C64H82N8O7+2. The van der Waals surface area contributed by atoms with E-state index in [1.165, 1.54) is 22.3 Å². The molecule has 0 aliphatic carbocycles. The fraction of sp³-hybridized carbons (Fsp3) is 0.438. The van der Waals surface area contributed by atoms with Crippen LogP contribution in [0.2, 0.25) is 0 Å². The maximum absolute atomic E-state index is 6.26. The third-order valence-corrected chi connectivity index (χ3v) is 13.9. The fourth-order valence-electron chi connectivity index (χ4n) is 9.46. The molecule has 0 saturated carbocycles. The third kappa shape index (κ3) is 16.9. The van der Waals surface area contributed by atoms with Gasteiger partial charge in [0.15, 0.2) is 37.9 Å². The van der Waals surface area contributed by atoms with E-state index in [4.69, 9.17) is 33.2 Å². The van der Waals surface area contributed by atoms with Crippen LogP contribution in [0.3, 0.4) is 0 Å². The highest BCUT2D eigenvalue weighted by Gasteiger charge is 2.18. The van der Waals surface area contributed by atoms with Crippen LogP contribution >= 0.6 is 0 Å². The number of aryl methyl sites for hydroxylation is 4. The summed E-state index contributed by atoms with van der Waals surface area (Å²) >= 11 is 0. The molecule has 15 heteroatoms. The second kappa shape index (κ2) is 29.7. The van der Waals surface area contributed by atoms with Crippen LogP contribution in [-0.4, -0.2) is 96.1 Å². The molecule has 0 unspecified atom stereocenters. The van der Waals surface area contributed by atoms with E-state index in [2.05, 4.69) is 177 Å². The Bertz CT molecular complexity index is 3050. The topological polar surface area (TPSA) is 134 Å². The first-order valence-electron chi connectivity index (χ1n) is 28.3. The summed E-state index contributed by atoms with van der Waals surface area (Å²) in [6.07, 6.45) is 14.0. The van der Waals surface area contributed by atoms with Gasteiger partial charge in [-0.05, 0) is 69.2 Å². The Kier molecular flexibility index (Phi) is 21.8. The smallest absolute Gasteiger partial charge is 0.169 e. The Labute approximate surface area is 467 Å². The summed E-state index contributed by atoms with van der Waals surface area (Å²) in [5, 5.41) is 19.4. The van der Waals surface area contributed by atoms with Crippen molar-refractivity contribution in [3.8, 4) is 34.1 Å². The van der Waals surface area contributed by atoms with Crippen molar-refractivity contribution in [3.63, 3.8) is 0 Å². The van der Waals surface area contributed by atoms with E-state index in [0.717, 1.165) is 82.2 Å². The second-order valence-corrected chi connectivity index (χ2v) is 21.1. The van der Waals surface area contributed by atoms with Crippen molar-refractivity contribution in [2.45, 2.75) is 118 Å². The minimum Gasteiger partial charge on any atom is -0.491 e. The Balaban J connectivity index is 0.675. The van der Waals surface area contributed by atoms with Gasteiger partial charge < -0.3 is 33.2 Å². The summed E-state index contributed by atoms with van der Waals surface area (Å²) in [6.45, 7) is 25.2. The lowest BCUT2D eigenvalue weighted by molar-refractivity contribution is -0.696.